The molecule has 1 aliphatic heterocycles. The van der Waals surface area contributed by atoms with Crippen molar-refractivity contribution in [2.45, 2.75) is 48.7 Å². The summed E-state index contributed by atoms with van der Waals surface area (Å²) in [6.45, 7) is 1.85. The Morgan fingerprint density at radius 1 is 1.09 bits per heavy atom. The fraction of sp³-hybridized carbons (Fsp3) is 0.588. The minimum atomic E-state index is 0. The van der Waals surface area contributed by atoms with Gasteiger partial charge in [0.25, 0.3) is 0 Å². The monoisotopic (exact) mass is 340 g/mol. The van der Waals surface area contributed by atoms with E-state index in [2.05, 4.69) is 22.8 Å². The van der Waals surface area contributed by atoms with E-state index < -0.39 is 0 Å². The van der Waals surface area contributed by atoms with Crippen molar-refractivity contribution >= 4 is 35.8 Å². The lowest BCUT2D eigenvalue weighted by Crippen LogP contribution is -2.37. The number of rotatable bonds is 4. The Balaban J connectivity index is 0.00000176. The van der Waals surface area contributed by atoms with Crippen molar-refractivity contribution in [3.8, 4) is 0 Å². The molecule has 1 saturated carbocycles. The van der Waals surface area contributed by atoms with Gasteiger partial charge in [-0.2, -0.15) is 0 Å². The minimum Gasteiger partial charge on any atom is -0.326 e. The van der Waals surface area contributed by atoms with Crippen LogP contribution in [0.5, 0.6) is 0 Å². The zero-order valence-corrected chi connectivity index (χ0v) is 14.5. The Morgan fingerprint density at radius 2 is 1.82 bits per heavy atom. The smallest absolute Gasteiger partial charge is 0.228 e. The van der Waals surface area contributed by atoms with E-state index in [4.69, 9.17) is 0 Å². The summed E-state index contributed by atoms with van der Waals surface area (Å²) in [5.41, 5.74) is 0.918. The largest absolute Gasteiger partial charge is 0.326 e. The van der Waals surface area contributed by atoms with E-state index in [-0.39, 0.29) is 24.2 Å². The van der Waals surface area contributed by atoms with Gasteiger partial charge in [0.1, 0.15) is 0 Å². The van der Waals surface area contributed by atoms with E-state index in [1.807, 2.05) is 23.9 Å². The van der Waals surface area contributed by atoms with Crippen LogP contribution in [0.15, 0.2) is 29.2 Å². The number of anilines is 1. The maximum Gasteiger partial charge on any atom is 0.228 e. The molecule has 0 spiro atoms. The van der Waals surface area contributed by atoms with E-state index in [0.29, 0.717) is 0 Å². The lowest BCUT2D eigenvalue weighted by atomic mass is 9.99. The highest BCUT2D eigenvalue weighted by atomic mass is 35.5. The summed E-state index contributed by atoms with van der Waals surface area (Å²) in [5.74, 6) is 0.268. The van der Waals surface area contributed by atoms with Gasteiger partial charge < -0.3 is 10.6 Å². The maximum atomic E-state index is 12.2. The Morgan fingerprint density at radius 3 is 2.45 bits per heavy atom. The molecule has 3 rings (SSSR count). The molecule has 1 saturated heterocycles. The van der Waals surface area contributed by atoms with Crippen LogP contribution in [0.3, 0.4) is 0 Å². The molecule has 0 radical (unpaired) electrons. The molecule has 122 valence electrons. The summed E-state index contributed by atoms with van der Waals surface area (Å²) >= 11 is 1.98. The number of hydrogen-bond acceptors (Lipinski definition) is 3. The topological polar surface area (TPSA) is 41.1 Å². The molecule has 2 fully saturated rings. The van der Waals surface area contributed by atoms with E-state index in [0.717, 1.165) is 36.9 Å². The molecule has 1 aliphatic carbocycles. The number of amides is 1. The van der Waals surface area contributed by atoms with Gasteiger partial charge in [-0.1, -0.05) is 12.8 Å². The van der Waals surface area contributed by atoms with Gasteiger partial charge in [0.05, 0.1) is 5.92 Å². The Bertz CT molecular complexity index is 468. The first-order valence-electron chi connectivity index (χ1n) is 8.09. The van der Waals surface area contributed by atoms with Crippen molar-refractivity contribution in [2.75, 3.05) is 18.4 Å². The number of carbonyl (C=O) groups excluding carboxylic acids is 1. The first-order valence-corrected chi connectivity index (χ1v) is 8.97. The molecule has 2 N–H and O–H groups in total. The zero-order chi connectivity index (χ0) is 14.5. The van der Waals surface area contributed by atoms with Crippen molar-refractivity contribution in [1.82, 2.24) is 5.32 Å². The molecule has 1 heterocycles. The number of nitrogens with one attached hydrogen (secondary N) is 2. The normalized spacial score (nSPS) is 22.1. The van der Waals surface area contributed by atoms with Gasteiger partial charge in [0, 0.05) is 22.4 Å². The Hall–Kier alpha value is -0.710. The quantitative estimate of drug-likeness (QED) is 0.867. The molecule has 1 aromatic carbocycles. The van der Waals surface area contributed by atoms with Crippen LogP contribution in [0.2, 0.25) is 0 Å². The fourth-order valence-corrected chi connectivity index (χ4v) is 4.38. The van der Waals surface area contributed by atoms with Crippen molar-refractivity contribution in [1.29, 1.82) is 0 Å². The Kier molecular flexibility index (Phi) is 7.06. The second-order valence-corrected chi connectivity index (χ2v) is 7.45. The highest BCUT2D eigenvalue weighted by Gasteiger charge is 2.21. The van der Waals surface area contributed by atoms with Crippen LogP contribution in [0, 0.1) is 5.92 Å². The predicted octanol–water partition coefficient (Wildman–Crippen LogP) is 4.08. The molecular formula is C17H25ClN2OS. The third kappa shape index (κ3) is 4.90. The van der Waals surface area contributed by atoms with Crippen molar-refractivity contribution in [2.24, 2.45) is 5.92 Å². The second-order valence-electron chi connectivity index (χ2n) is 6.08. The highest BCUT2D eigenvalue weighted by Crippen LogP contribution is 2.35. The van der Waals surface area contributed by atoms with E-state index >= 15 is 0 Å². The highest BCUT2D eigenvalue weighted by molar-refractivity contribution is 8.00. The molecule has 2 aliphatic rings. The molecule has 1 aromatic rings. The van der Waals surface area contributed by atoms with Crippen LogP contribution in [0.25, 0.3) is 0 Å². The lowest BCUT2D eigenvalue weighted by molar-refractivity contribution is -0.120. The molecule has 0 aromatic heterocycles. The zero-order valence-electron chi connectivity index (χ0n) is 12.8. The number of piperidine rings is 1. The molecule has 22 heavy (non-hydrogen) atoms. The molecule has 1 atom stereocenters. The predicted molar refractivity (Wildman–Crippen MR) is 96.0 cm³/mol. The molecule has 3 nitrogen and oxygen atoms in total. The van der Waals surface area contributed by atoms with Gasteiger partial charge in [0.15, 0.2) is 0 Å². The molecule has 1 amide bonds. The number of benzene rings is 1. The fourth-order valence-electron chi connectivity index (χ4n) is 3.14. The average molecular weight is 341 g/mol. The first kappa shape index (κ1) is 17.6. The maximum absolute atomic E-state index is 12.2. The number of hydrogen-bond donors (Lipinski definition) is 2. The summed E-state index contributed by atoms with van der Waals surface area (Å²) < 4.78 is 0. The van der Waals surface area contributed by atoms with Crippen molar-refractivity contribution < 1.29 is 4.79 Å². The van der Waals surface area contributed by atoms with Crippen LogP contribution in [0.4, 0.5) is 5.69 Å². The van der Waals surface area contributed by atoms with Crippen LogP contribution >= 0.6 is 24.2 Å². The van der Waals surface area contributed by atoms with Crippen molar-refractivity contribution in [3.05, 3.63) is 24.3 Å². The van der Waals surface area contributed by atoms with E-state index in [9.17, 15) is 4.79 Å². The van der Waals surface area contributed by atoms with Crippen LogP contribution < -0.4 is 10.6 Å². The van der Waals surface area contributed by atoms with Gasteiger partial charge in [-0.15, -0.1) is 24.2 Å². The van der Waals surface area contributed by atoms with E-state index in [1.54, 1.807) is 0 Å². The Labute approximate surface area is 143 Å². The summed E-state index contributed by atoms with van der Waals surface area (Å²) in [5, 5.41) is 7.12. The first-order chi connectivity index (χ1) is 10.3. The SMILES string of the molecule is Cl.O=C(Nc1ccc(SC2CCCC2)cc1)C1CCCNC1. The van der Waals surface area contributed by atoms with Gasteiger partial charge in [-0.05, 0) is 56.5 Å². The summed E-state index contributed by atoms with van der Waals surface area (Å²) in [7, 11) is 0. The molecule has 5 heteroatoms. The van der Waals surface area contributed by atoms with Gasteiger partial charge in [-0.25, -0.2) is 0 Å². The van der Waals surface area contributed by atoms with Gasteiger partial charge in [0.2, 0.25) is 5.91 Å². The summed E-state index contributed by atoms with van der Waals surface area (Å²) in [4.78, 5) is 13.5. The summed E-state index contributed by atoms with van der Waals surface area (Å²) in [6.07, 6.45) is 7.53. The van der Waals surface area contributed by atoms with E-state index in [1.165, 1.54) is 30.6 Å². The molecule has 1 unspecified atom stereocenters. The summed E-state index contributed by atoms with van der Waals surface area (Å²) in [6, 6.07) is 8.34. The standard InChI is InChI=1S/C17H24N2OS.ClH/c20-17(13-4-3-11-18-12-13)19-14-7-9-16(10-8-14)21-15-5-1-2-6-15;/h7-10,13,15,18H,1-6,11-12H2,(H,19,20);1H. The van der Waals surface area contributed by atoms with Crippen LogP contribution in [-0.2, 0) is 4.79 Å². The molecule has 0 bridgehead atoms. The average Bonchev–Trinajstić information content (AvgIpc) is 3.03. The lowest BCUT2D eigenvalue weighted by Gasteiger charge is -2.21. The second kappa shape index (κ2) is 8.80. The number of thioether (sulfide) groups is 1. The molecular weight excluding hydrogens is 316 g/mol. The third-order valence-corrected chi connectivity index (χ3v) is 5.74. The minimum absolute atomic E-state index is 0. The number of carbonyl (C=O) groups is 1. The third-order valence-electron chi connectivity index (χ3n) is 4.39. The van der Waals surface area contributed by atoms with Gasteiger partial charge in [-0.3, -0.25) is 4.79 Å². The van der Waals surface area contributed by atoms with Gasteiger partial charge >= 0.3 is 0 Å². The van der Waals surface area contributed by atoms with Crippen LogP contribution in [0.1, 0.15) is 38.5 Å². The number of halogens is 1. The van der Waals surface area contributed by atoms with Crippen LogP contribution in [-0.4, -0.2) is 24.2 Å². The van der Waals surface area contributed by atoms with Crippen molar-refractivity contribution in [3.63, 3.8) is 0 Å².